The molecule has 7 heteroatoms. The van der Waals surface area contributed by atoms with Crippen LogP contribution in [0.4, 0.5) is 5.69 Å². The minimum absolute atomic E-state index is 0.217. The average molecular weight is 449 g/mol. The van der Waals surface area contributed by atoms with E-state index in [1.54, 1.807) is 24.3 Å². The highest BCUT2D eigenvalue weighted by molar-refractivity contribution is 7.92. The molecular weight excluding hydrogens is 420 g/mol. The number of sulfonamides is 1. The van der Waals surface area contributed by atoms with E-state index in [1.165, 1.54) is 28.3 Å². The molecule has 1 amide bonds. The lowest BCUT2D eigenvalue weighted by atomic mass is 9.89. The first-order valence-corrected chi connectivity index (χ1v) is 12.6. The predicted molar refractivity (Wildman–Crippen MR) is 122 cm³/mol. The van der Waals surface area contributed by atoms with E-state index in [-0.39, 0.29) is 11.9 Å². The molecule has 2 aromatic rings. The summed E-state index contributed by atoms with van der Waals surface area (Å²) >= 11 is 5.95. The van der Waals surface area contributed by atoms with E-state index in [1.807, 2.05) is 13.8 Å². The van der Waals surface area contributed by atoms with E-state index in [0.717, 1.165) is 24.7 Å². The fourth-order valence-electron chi connectivity index (χ4n) is 4.06. The van der Waals surface area contributed by atoms with Gasteiger partial charge in [-0.15, -0.1) is 0 Å². The number of nitrogens with zero attached hydrogens (tertiary/aromatic N) is 1. The molecule has 0 radical (unpaired) electrons. The van der Waals surface area contributed by atoms with E-state index >= 15 is 0 Å². The molecule has 2 atom stereocenters. The minimum Gasteiger partial charge on any atom is -0.348 e. The predicted octanol–water partition coefficient (Wildman–Crippen LogP) is 4.64. The van der Waals surface area contributed by atoms with Crippen molar-refractivity contribution in [3.8, 4) is 0 Å². The minimum atomic E-state index is -3.67. The summed E-state index contributed by atoms with van der Waals surface area (Å²) in [4.78, 5) is 13.1. The molecule has 2 aromatic carbocycles. The van der Waals surface area contributed by atoms with Crippen LogP contribution < -0.4 is 9.62 Å². The van der Waals surface area contributed by atoms with Crippen LogP contribution >= 0.6 is 11.6 Å². The summed E-state index contributed by atoms with van der Waals surface area (Å²) in [6, 6.07) is 11.8. The Balaban J connectivity index is 1.82. The van der Waals surface area contributed by atoms with Gasteiger partial charge in [-0.1, -0.05) is 36.7 Å². The number of aryl methyl sites for hydroxylation is 2. The van der Waals surface area contributed by atoms with Crippen LogP contribution in [0.25, 0.3) is 0 Å². The smallest absolute Gasteiger partial charge is 0.244 e. The summed E-state index contributed by atoms with van der Waals surface area (Å²) < 4.78 is 26.3. The number of fused-ring (bicyclic) bond motifs is 1. The van der Waals surface area contributed by atoms with Crippen molar-refractivity contribution in [3.63, 3.8) is 0 Å². The number of anilines is 1. The fraction of sp³-hybridized carbons (Fsp3) is 0.435. The van der Waals surface area contributed by atoms with Gasteiger partial charge >= 0.3 is 0 Å². The lowest BCUT2D eigenvalue weighted by molar-refractivity contribution is -0.122. The van der Waals surface area contributed by atoms with Gasteiger partial charge in [-0.05, 0) is 80.0 Å². The van der Waals surface area contributed by atoms with Crippen LogP contribution in [-0.2, 0) is 27.7 Å². The normalized spacial score (nSPS) is 15.7. The molecule has 0 fully saturated rings. The SMILES string of the molecule is CCC(C(=O)NC(C)c1ccc2c(c1)CCCC2)N(c1ccc(Cl)cc1)S(C)(=O)=O. The molecule has 0 aromatic heterocycles. The van der Waals surface area contributed by atoms with Crippen LogP contribution in [0.15, 0.2) is 42.5 Å². The zero-order valence-electron chi connectivity index (χ0n) is 17.7. The molecule has 1 aliphatic rings. The lowest BCUT2D eigenvalue weighted by Crippen LogP contribution is -2.49. The number of hydrogen-bond donors (Lipinski definition) is 1. The molecule has 162 valence electrons. The van der Waals surface area contributed by atoms with Crippen molar-refractivity contribution in [1.29, 1.82) is 0 Å². The van der Waals surface area contributed by atoms with Gasteiger partial charge in [0.05, 0.1) is 18.0 Å². The Morgan fingerprint density at radius 3 is 2.33 bits per heavy atom. The van der Waals surface area contributed by atoms with E-state index in [2.05, 4.69) is 23.5 Å². The highest BCUT2D eigenvalue weighted by Gasteiger charge is 2.32. The van der Waals surface area contributed by atoms with Gasteiger partial charge in [-0.3, -0.25) is 9.10 Å². The molecular formula is C23H29ClN2O3S. The average Bonchev–Trinajstić information content (AvgIpc) is 2.71. The second-order valence-electron chi connectivity index (χ2n) is 7.92. The molecule has 0 saturated heterocycles. The quantitative estimate of drug-likeness (QED) is 0.670. The van der Waals surface area contributed by atoms with Gasteiger partial charge in [0, 0.05) is 5.02 Å². The van der Waals surface area contributed by atoms with E-state index in [9.17, 15) is 13.2 Å². The Hall–Kier alpha value is -2.05. The third-order valence-electron chi connectivity index (χ3n) is 5.64. The first-order chi connectivity index (χ1) is 14.2. The molecule has 5 nitrogen and oxygen atoms in total. The van der Waals surface area contributed by atoms with Crippen molar-refractivity contribution in [2.75, 3.05) is 10.6 Å². The first kappa shape index (κ1) is 22.6. The van der Waals surface area contributed by atoms with Gasteiger partial charge in [0.15, 0.2) is 0 Å². The molecule has 0 aliphatic heterocycles. The number of rotatable bonds is 7. The van der Waals surface area contributed by atoms with Gasteiger partial charge < -0.3 is 5.32 Å². The standard InChI is InChI=1S/C23H29ClN2O3S/c1-4-22(26(30(3,28)29)21-13-11-20(24)12-14-21)23(27)25-16(2)18-10-9-17-7-5-6-8-19(17)15-18/h9-16,22H,4-8H2,1-3H3,(H,25,27). The van der Waals surface area contributed by atoms with Crippen LogP contribution in [0, 0.1) is 0 Å². The summed E-state index contributed by atoms with van der Waals surface area (Å²) in [5, 5.41) is 3.52. The Kier molecular flexibility index (Phi) is 7.09. The Labute approximate surface area is 184 Å². The summed E-state index contributed by atoms with van der Waals surface area (Å²) in [7, 11) is -3.67. The van der Waals surface area contributed by atoms with Gasteiger partial charge in [0.25, 0.3) is 0 Å². The third kappa shape index (κ3) is 5.16. The first-order valence-electron chi connectivity index (χ1n) is 10.4. The van der Waals surface area contributed by atoms with Crippen LogP contribution in [0.2, 0.25) is 5.02 Å². The lowest BCUT2D eigenvalue weighted by Gasteiger charge is -2.31. The highest BCUT2D eigenvalue weighted by atomic mass is 35.5. The molecule has 0 bridgehead atoms. The van der Waals surface area contributed by atoms with E-state index in [4.69, 9.17) is 11.6 Å². The summed E-state index contributed by atoms with van der Waals surface area (Å²) in [5.41, 5.74) is 4.20. The molecule has 0 heterocycles. The summed E-state index contributed by atoms with van der Waals surface area (Å²) in [6.45, 7) is 3.74. The van der Waals surface area contributed by atoms with Gasteiger partial charge in [0.2, 0.25) is 15.9 Å². The van der Waals surface area contributed by atoms with Gasteiger partial charge in [0.1, 0.15) is 6.04 Å². The Morgan fingerprint density at radius 1 is 1.10 bits per heavy atom. The van der Waals surface area contributed by atoms with Crippen LogP contribution in [0.3, 0.4) is 0 Å². The second kappa shape index (κ2) is 9.40. The van der Waals surface area contributed by atoms with Crippen LogP contribution in [0.5, 0.6) is 0 Å². The van der Waals surface area contributed by atoms with Crippen LogP contribution in [-0.4, -0.2) is 26.6 Å². The maximum atomic E-state index is 13.1. The number of carbonyl (C=O) groups is 1. The van der Waals surface area contributed by atoms with E-state index in [0.29, 0.717) is 17.1 Å². The van der Waals surface area contributed by atoms with Crippen molar-refractivity contribution >= 4 is 33.2 Å². The van der Waals surface area contributed by atoms with Crippen molar-refractivity contribution in [2.24, 2.45) is 0 Å². The molecule has 30 heavy (non-hydrogen) atoms. The molecule has 3 rings (SSSR count). The third-order valence-corrected chi connectivity index (χ3v) is 7.07. The van der Waals surface area contributed by atoms with E-state index < -0.39 is 16.1 Å². The van der Waals surface area contributed by atoms with Crippen molar-refractivity contribution in [1.82, 2.24) is 5.32 Å². The maximum absolute atomic E-state index is 13.1. The number of carbonyl (C=O) groups excluding carboxylic acids is 1. The number of halogens is 1. The molecule has 2 unspecified atom stereocenters. The van der Waals surface area contributed by atoms with Crippen molar-refractivity contribution in [2.45, 2.75) is 58.0 Å². The second-order valence-corrected chi connectivity index (χ2v) is 10.2. The maximum Gasteiger partial charge on any atom is 0.244 e. The summed E-state index contributed by atoms with van der Waals surface area (Å²) in [6.07, 6.45) is 6.06. The van der Waals surface area contributed by atoms with Crippen molar-refractivity contribution < 1.29 is 13.2 Å². The summed E-state index contributed by atoms with van der Waals surface area (Å²) in [5.74, 6) is -0.317. The molecule has 0 spiro atoms. The Morgan fingerprint density at radius 2 is 1.73 bits per heavy atom. The fourth-order valence-corrected chi connectivity index (χ4v) is 5.40. The zero-order chi connectivity index (χ0) is 21.9. The highest BCUT2D eigenvalue weighted by Crippen LogP contribution is 2.27. The van der Waals surface area contributed by atoms with Crippen LogP contribution in [0.1, 0.15) is 55.8 Å². The number of hydrogen-bond acceptors (Lipinski definition) is 3. The topological polar surface area (TPSA) is 66.5 Å². The largest absolute Gasteiger partial charge is 0.348 e. The molecule has 1 aliphatic carbocycles. The zero-order valence-corrected chi connectivity index (χ0v) is 19.3. The molecule has 1 N–H and O–H groups in total. The number of benzene rings is 2. The van der Waals surface area contributed by atoms with Crippen molar-refractivity contribution in [3.05, 3.63) is 64.2 Å². The van der Waals surface area contributed by atoms with Gasteiger partial charge in [-0.2, -0.15) is 0 Å². The number of amides is 1. The molecule has 0 saturated carbocycles. The monoisotopic (exact) mass is 448 g/mol. The Bertz CT molecular complexity index is 1010. The number of nitrogens with one attached hydrogen (secondary N) is 1. The van der Waals surface area contributed by atoms with Gasteiger partial charge in [-0.25, -0.2) is 8.42 Å².